The van der Waals surface area contributed by atoms with Crippen LogP contribution in [0.15, 0.2) is 28.7 Å². The first-order valence-corrected chi connectivity index (χ1v) is 11.3. The molecule has 2 aliphatic rings. The number of likely N-dealkylation sites (tertiary alicyclic amines) is 1. The van der Waals surface area contributed by atoms with Crippen LogP contribution < -0.4 is 4.90 Å². The van der Waals surface area contributed by atoms with Gasteiger partial charge in [0, 0.05) is 45.8 Å². The molecular formula is C23H35N5O2. The van der Waals surface area contributed by atoms with E-state index >= 15 is 0 Å². The SMILES string of the molecule is CN(C)CCN(C)C(=O)C1CCCN(C2CCN(c3nc4ccccc4o3)CC2)C1. The molecule has 164 valence electrons. The zero-order valence-corrected chi connectivity index (χ0v) is 18.6. The monoisotopic (exact) mass is 413 g/mol. The Bertz CT molecular complexity index is 810. The largest absolute Gasteiger partial charge is 0.423 e. The number of oxazole rings is 1. The van der Waals surface area contributed by atoms with E-state index in [4.69, 9.17) is 4.42 Å². The van der Waals surface area contributed by atoms with Gasteiger partial charge in [0.25, 0.3) is 6.01 Å². The van der Waals surface area contributed by atoms with Crippen molar-refractivity contribution >= 4 is 23.0 Å². The van der Waals surface area contributed by atoms with E-state index in [2.05, 4.69) is 19.7 Å². The van der Waals surface area contributed by atoms with E-state index in [1.165, 1.54) is 0 Å². The van der Waals surface area contributed by atoms with Gasteiger partial charge in [-0.05, 0) is 58.5 Å². The van der Waals surface area contributed by atoms with Crippen LogP contribution in [0.5, 0.6) is 0 Å². The highest BCUT2D eigenvalue weighted by Crippen LogP contribution is 2.28. The molecule has 1 unspecified atom stereocenters. The number of para-hydroxylation sites is 2. The van der Waals surface area contributed by atoms with Gasteiger partial charge in [-0.25, -0.2) is 0 Å². The summed E-state index contributed by atoms with van der Waals surface area (Å²) in [4.78, 5) is 26.4. The third-order valence-corrected chi connectivity index (χ3v) is 6.59. The fourth-order valence-corrected chi connectivity index (χ4v) is 4.73. The molecule has 0 aliphatic carbocycles. The number of hydrogen-bond acceptors (Lipinski definition) is 6. The second kappa shape index (κ2) is 9.35. The van der Waals surface area contributed by atoms with E-state index in [0.717, 1.165) is 82.1 Å². The molecule has 30 heavy (non-hydrogen) atoms. The standard InChI is InChI=1S/C23H35N5O2/c1-25(2)15-16-26(3)22(29)18-7-6-12-28(17-18)19-10-13-27(14-11-19)23-24-20-8-4-5-9-21(20)30-23/h4-5,8-9,18-19H,6-7,10-17H2,1-3H3. The number of carbonyl (C=O) groups is 1. The van der Waals surface area contributed by atoms with Gasteiger partial charge in [0.05, 0.1) is 5.92 Å². The molecule has 1 aromatic heterocycles. The van der Waals surface area contributed by atoms with Crippen LogP contribution in [0.1, 0.15) is 25.7 Å². The number of carbonyl (C=O) groups excluding carboxylic acids is 1. The number of benzene rings is 1. The third kappa shape index (κ3) is 4.78. The first-order valence-electron chi connectivity index (χ1n) is 11.3. The number of amides is 1. The van der Waals surface area contributed by atoms with Crippen molar-refractivity contribution in [3.05, 3.63) is 24.3 Å². The van der Waals surface area contributed by atoms with Crippen LogP contribution in [0.2, 0.25) is 0 Å². The summed E-state index contributed by atoms with van der Waals surface area (Å²) in [5.74, 6) is 0.450. The Labute approximate surface area is 179 Å². The molecule has 0 spiro atoms. The Balaban J connectivity index is 1.30. The Kier molecular flexibility index (Phi) is 6.58. The smallest absolute Gasteiger partial charge is 0.298 e. The molecule has 7 heteroatoms. The molecule has 2 fully saturated rings. The van der Waals surface area contributed by atoms with Gasteiger partial charge in [0.1, 0.15) is 5.52 Å². The van der Waals surface area contributed by atoms with Gasteiger partial charge in [0.2, 0.25) is 5.91 Å². The Morgan fingerprint density at radius 1 is 1.10 bits per heavy atom. The number of likely N-dealkylation sites (N-methyl/N-ethyl adjacent to an activating group) is 2. The molecule has 0 N–H and O–H groups in total. The Morgan fingerprint density at radius 3 is 2.60 bits per heavy atom. The minimum atomic E-state index is 0.140. The average molecular weight is 414 g/mol. The first-order chi connectivity index (χ1) is 14.5. The molecule has 4 rings (SSSR count). The predicted molar refractivity (Wildman–Crippen MR) is 120 cm³/mol. The minimum absolute atomic E-state index is 0.140. The zero-order chi connectivity index (χ0) is 21.1. The van der Waals surface area contributed by atoms with Crippen molar-refractivity contribution in [2.45, 2.75) is 31.7 Å². The number of anilines is 1. The number of nitrogens with zero attached hydrogens (tertiary/aromatic N) is 5. The predicted octanol–water partition coefficient (Wildman–Crippen LogP) is 2.53. The van der Waals surface area contributed by atoms with Crippen molar-refractivity contribution in [2.24, 2.45) is 5.92 Å². The van der Waals surface area contributed by atoms with Crippen LogP contribution in [0, 0.1) is 5.92 Å². The fraction of sp³-hybridized carbons (Fsp3) is 0.652. The summed E-state index contributed by atoms with van der Waals surface area (Å²) < 4.78 is 5.95. The van der Waals surface area contributed by atoms with Crippen molar-refractivity contribution in [2.75, 3.05) is 65.3 Å². The molecule has 1 amide bonds. The van der Waals surface area contributed by atoms with Crippen molar-refractivity contribution in [1.82, 2.24) is 19.7 Å². The van der Waals surface area contributed by atoms with Crippen LogP contribution in [-0.2, 0) is 4.79 Å². The van der Waals surface area contributed by atoms with Gasteiger partial charge in [-0.2, -0.15) is 4.98 Å². The lowest BCUT2D eigenvalue weighted by atomic mass is 9.93. The average Bonchev–Trinajstić information content (AvgIpc) is 3.21. The van der Waals surface area contributed by atoms with E-state index < -0.39 is 0 Å². The number of piperidine rings is 2. The third-order valence-electron chi connectivity index (χ3n) is 6.59. The van der Waals surface area contributed by atoms with Crippen molar-refractivity contribution < 1.29 is 9.21 Å². The van der Waals surface area contributed by atoms with E-state index in [1.54, 1.807) is 0 Å². The second-order valence-corrected chi connectivity index (χ2v) is 9.08. The van der Waals surface area contributed by atoms with E-state index in [-0.39, 0.29) is 5.92 Å². The van der Waals surface area contributed by atoms with Crippen LogP contribution in [0.3, 0.4) is 0 Å². The summed E-state index contributed by atoms with van der Waals surface area (Å²) >= 11 is 0. The number of hydrogen-bond donors (Lipinski definition) is 0. The van der Waals surface area contributed by atoms with Crippen molar-refractivity contribution in [3.63, 3.8) is 0 Å². The Morgan fingerprint density at radius 2 is 1.87 bits per heavy atom. The van der Waals surface area contributed by atoms with Crippen molar-refractivity contribution in [3.8, 4) is 0 Å². The molecule has 7 nitrogen and oxygen atoms in total. The van der Waals surface area contributed by atoms with Crippen molar-refractivity contribution in [1.29, 1.82) is 0 Å². The summed E-state index contributed by atoms with van der Waals surface area (Å²) in [7, 11) is 6.05. The highest BCUT2D eigenvalue weighted by molar-refractivity contribution is 5.79. The number of aromatic nitrogens is 1. The minimum Gasteiger partial charge on any atom is -0.423 e. The van der Waals surface area contributed by atoms with Gasteiger partial charge < -0.3 is 19.1 Å². The highest BCUT2D eigenvalue weighted by Gasteiger charge is 2.33. The van der Waals surface area contributed by atoms with E-state index in [0.29, 0.717) is 11.9 Å². The van der Waals surface area contributed by atoms with Gasteiger partial charge in [-0.1, -0.05) is 12.1 Å². The molecule has 2 saturated heterocycles. The lowest BCUT2D eigenvalue weighted by Crippen LogP contribution is -2.51. The molecule has 2 aliphatic heterocycles. The van der Waals surface area contributed by atoms with Crippen LogP contribution >= 0.6 is 0 Å². The normalized spacial score (nSPS) is 21.5. The maximum absolute atomic E-state index is 12.9. The topological polar surface area (TPSA) is 56.1 Å². The zero-order valence-electron chi connectivity index (χ0n) is 18.6. The maximum Gasteiger partial charge on any atom is 0.298 e. The number of fused-ring (bicyclic) bond motifs is 1. The maximum atomic E-state index is 12.9. The van der Waals surface area contributed by atoms with Gasteiger partial charge in [-0.3, -0.25) is 9.69 Å². The summed E-state index contributed by atoms with van der Waals surface area (Å²) in [6.45, 7) is 5.63. The first kappa shape index (κ1) is 21.1. The molecule has 1 atom stereocenters. The Hall–Kier alpha value is -2.12. The van der Waals surface area contributed by atoms with E-state index in [9.17, 15) is 4.79 Å². The summed E-state index contributed by atoms with van der Waals surface area (Å²) in [5, 5.41) is 0. The fourth-order valence-electron chi connectivity index (χ4n) is 4.73. The molecule has 0 saturated carbocycles. The molecule has 3 heterocycles. The number of rotatable bonds is 6. The van der Waals surface area contributed by atoms with E-state index in [1.807, 2.05) is 50.3 Å². The molecular weight excluding hydrogens is 378 g/mol. The van der Waals surface area contributed by atoms with Gasteiger partial charge >= 0.3 is 0 Å². The van der Waals surface area contributed by atoms with Crippen LogP contribution in [0.25, 0.3) is 11.1 Å². The summed E-state index contributed by atoms with van der Waals surface area (Å²) in [6, 6.07) is 9.23. The lowest BCUT2D eigenvalue weighted by molar-refractivity contribution is -0.136. The lowest BCUT2D eigenvalue weighted by Gasteiger charge is -2.42. The quantitative estimate of drug-likeness (QED) is 0.725. The highest BCUT2D eigenvalue weighted by atomic mass is 16.4. The molecule has 2 aromatic rings. The summed E-state index contributed by atoms with van der Waals surface area (Å²) in [6.07, 6.45) is 4.32. The molecule has 0 radical (unpaired) electrons. The molecule has 1 aromatic carbocycles. The molecule has 0 bridgehead atoms. The van der Waals surface area contributed by atoms with Crippen LogP contribution in [-0.4, -0.2) is 92.0 Å². The van der Waals surface area contributed by atoms with Gasteiger partial charge in [0.15, 0.2) is 5.58 Å². The van der Waals surface area contributed by atoms with Gasteiger partial charge in [-0.15, -0.1) is 0 Å². The van der Waals surface area contributed by atoms with Crippen LogP contribution in [0.4, 0.5) is 6.01 Å². The summed E-state index contributed by atoms with van der Waals surface area (Å²) in [5.41, 5.74) is 1.77. The second-order valence-electron chi connectivity index (χ2n) is 9.08.